The lowest BCUT2D eigenvalue weighted by atomic mass is 10.2. The lowest BCUT2D eigenvalue weighted by molar-refractivity contribution is 0.242. The first-order valence-electron chi connectivity index (χ1n) is 12.5. The first-order valence-corrected chi connectivity index (χ1v) is 13.9. The zero-order chi connectivity index (χ0) is 27.8. The number of anilines is 1. The molecule has 39 heavy (non-hydrogen) atoms. The van der Waals surface area contributed by atoms with Gasteiger partial charge in [0, 0.05) is 44.2 Å². The van der Waals surface area contributed by atoms with Gasteiger partial charge in [-0.3, -0.25) is 4.79 Å². The molecule has 3 aromatic rings. The summed E-state index contributed by atoms with van der Waals surface area (Å²) in [5.41, 5.74) is 0.210. The molecule has 1 saturated carbocycles. The van der Waals surface area contributed by atoms with Crippen molar-refractivity contribution in [2.24, 2.45) is 5.41 Å². The molecule has 1 aliphatic heterocycles. The van der Waals surface area contributed by atoms with Gasteiger partial charge in [-0.2, -0.15) is 27.2 Å². The SMILES string of the molecule is CC1(COc2c(N3CCN(S(=O)(=O)NCc4ccc(F)cc4)CC3)cnn(-c3cc(F)cc(F)c3)c2=O)CC1. The highest BCUT2D eigenvalue weighted by atomic mass is 32.2. The third-order valence-electron chi connectivity index (χ3n) is 6.97. The fraction of sp³-hybridized carbons (Fsp3) is 0.385. The molecule has 1 aromatic heterocycles. The molecule has 1 aliphatic carbocycles. The van der Waals surface area contributed by atoms with Crippen LogP contribution in [-0.2, 0) is 16.8 Å². The Balaban J connectivity index is 1.33. The summed E-state index contributed by atoms with van der Waals surface area (Å²) in [7, 11) is -3.81. The Hall–Kier alpha value is -3.42. The first kappa shape index (κ1) is 27.2. The number of nitrogens with one attached hydrogen (secondary N) is 1. The third-order valence-corrected chi connectivity index (χ3v) is 8.52. The predicted molar refractivity (Wildman–Crippen MR) is 139 cm³/mol. The molecule has 1 N–H and O–H groups in total. The fourth-order valence-electron chi connectivity index (χ4n) is 4.28. The van der Waals surface area contributed by atoms with E-state index in [2.05, 4.69) is 9.82 Å². The largest absolute Gasteiger partial charge is 0.486 e. The van der Waals surface area contributed by atoms with E-state index in [1.165, 1.54) is 34.8 Å². The molecule has 2 heterocycles. The van der Waals surface area contributed by atoms with Gasteiger partial charge >= 0.3 is 5.56 Å². The molecule has 0 bridgehead atoms. The van der Waals surface area contributed by atoms with Crippen molar-refractivity contribution < 1.29 is 26.3 Å². The Morgan fingerprint density at radius 1 is 0.974 bits per heavy atom. The van der Waals surface area contributed by atoms with Crippen molar-refractivity contribution in [1.82, 2.24) is 18.8 Å². The van der Waals surface area contributed by atoms with Gasteiger partial charge in [-0.15, -0.1) is 0 Å². The predicted octanol–water partition coefficient (Wildman–Crippen LogP) is 2.99. The Morgan fingerprint density at radius 2 is 1.62 bits per heavy atom. The van der Waals surface area contributed by atoms with Crippen molar-refractivity contribution in [2.45, 2.75) is 26.3 Å². The van der Waals surface area contributed by atoms with Gasteiger partial charge in [-0.05, 0) is 42.7 Å². The molecular formula is C26H28F3N5O4S. The van der Waals surface area contributed by atoms with Gasteiger partial charge in [0.25, 0.3) is 10.2 Å². The van der Waals surface area contributed by atoms with Crippen LogP contribution in [0.1, 0.15) is 25.3 Å². The van der Waals surface area contributed by atoms with E-state index in [4.69, 9.17) is 4.74 Å². The molecule has 0 radical (unpaired) electrons. The van der Waals surface area contributed by atoms with Crippen molar-refractivity contribution in [2.75, 3.05) is 37.7 Å². The van der Waals surface area contributed by atoms with Crippen molar-refractivity contribution in [1.29, 1.82) is 0 Å². The molecule has 2 aromatic carbocycles. The van der Waals surface area contributed by atoms with E-state index in [9.17, 15) is 26.4 Å². The molecular weight excluding hydrogens is 535 g/mol. The van der Waals surface area contributed by atoms with Gasteiger partial charge in [0.1, 0.15) is 23.1 Å². The van der Waals surface area contributed by atoms with E-state index in [1.807, 2.05) is 11.8 Å². The van der Waals surface area contributed by atoms with Gasteiger partial charge in [0.2, 0.25) is 5.75 Å². The van der Waals surface area contributed by atoms with Crippen molar-refractivity contribution >= 4 is 15.9 Å². The number of hydrogen-bond donors (Lipinski definition) is 1. The minimum atomic E-state index is -3.81. The molecule has 0 spiro atoms. The molecule has 0 amide bonds. The monoisotopic (exact) mass is 563 g/mol. The van der Waals surface area contributed by atoms with E-state index in [0.29, 0.717) is 23.9 Å². The summed E-state index contributed by atoms with van der Waals surface area (Å²) in [6.45, 7) is 3.12. The molecule has 5 rings (SSSR count). The maximum atomic E-state index is 13.8. The van der Waals surface area contributed by atoms with E-state index in [1.54, 1.807) is 0 Å². The zero-order valence-electron chi connectivity index (χ0n) is 21.2. The summed E-state index contributed by atoms with van der Waals surface area (Å²) in [4.78, 5) is 15.2. The molecule has 2 fully saturated rings. The number of rotatable bonds is 9. The van der Waals surface area contributed by atoms with Gasteiger partial charge in [-0.1, -0.05) is 19.1 Å². The van der Waals surface area contributed by atoms with E-state index in [0.717, 1.165) is 29.7 Å². The second kappa shape index (κ2) is 10.6. The van der Waals surface area contributed by atoms with Gasteiger partial charge in [0.05, 0.1) is 18.5 Å². The minimum absolute atomic E-state index is 0.00598. The van der Waals surface area contributed by atoms with Crippen LogP contribution in [0.4, 0.5) is 18.9 Å². The van der Waals surface area contributed by atoms with Crippen molar-refractivity contribution in [3.63, 3.8) is 0 Å². The van der Waals surface area contributed by atoms with Crippen LogP contribution in [0.25, 0.3) is 5.69 Å². The maximum Gasteiger partial charge on any atom is 0.316 e. The lowest BCUT2D eigenvalue weighted by Crippen LogP contribution is -2.52. The van der Waals surface area contributed by atoms with E-state index in [-0.39, 0.29) is 49.6 Å². The van der Waals surface area contributed by atoms with Crippen LogP contribution in [0.3, 0.4) is 0 Å². The zero-order valence-corrected chi connectivity index (χ0v) is 22.1. The number of nitrogens with zero attached hydrogens (tertiary/aromatic N) is 4. The summed E-state index contributed by atoms with van der Waals surface area (Å²) >= 11 is 0. The van der Waals surface area contributed by atoms with Gasteiger partial charge in [-0.25, -0.2) is 13.2 Å². The van der Waals surface area contributed by atoms with Crippen molar-refractivity contribution in [3.05, 3.63) is 82.0 Å². The lowest BCUT2D eigenvalue weighted by Gasteiger charge is -2.35. The Morgan fingerprint density at radius 3 is 2.23 bits per heavy atom. The minimum Gasteiger partial charge on any atom is -0.486 e. The smallest absolute Gasteiger partial charge is 0.316 e. The highest BCUT2D eigenvalue weighted by molar-refractivity contribution is 7.87. The van der Waals surface area contributed by atoms with Crippen LogP contribution in [-0.4, -0.2) is 55.3 Å². The molecule has 13 heteroatoms. The second-order valence-electron chi connectivity index (χ2n) is 10.1. The quantitative estimate of drug-likeness (QED) is 0.430. The third kappa shape index (κ3) is 6.26. The topological polar surface area (TPSA) is 96.8 Å². The maximum absolute atomic E-state index is 13.8. The molecule has 9 nitrogen and oxygen atoms in total. The van der Waals surface area contributed by atoms with Gasteiger partial charge in [0.15, 0.2) is 0 Å². The van der Waals surface area contributed by atoms with Crippen LogP contribution < -0.4 is 19.9 Å². The number of aromatic nitrogens is 2. The second-order valence-corrected chi connectivity index (χ2v) is 11.9. The van der Waals surface area contributed by atoms with Gasteiger partial charge < -0.3 is 9.64 Å². The van der Waals surface area contributed by atoms with Crippen molar-refractivity contribution in [3.8, 4) is 11.4 Å². The average Bonchev–Trinajstić information content (AvgIpc) is 3.64. The highest BCUT2D eigenvalue weighted by Crippen LogP contribution is 2.45. The Bertz CT molecular complexity index is 1500. The first-order chi connectivity index (χ1) is 18.5. The Kier molecular flexibility index (Phi) is 7.40. The molecule has 208 valence electrons. The van der Waals surface area contributed by atoms with Crippen LogP contribution >= 0.6 is 0 Å². The summed E-state index contributed by atoms with van der Waals surface area (Å²) in [5.74, 6) is -2.10. The number of hydrogen-bond acceptors (Lipinski definition) is 6. The molecule has 1 saturated heterocycles. The van der Waals surface area contributed by atoms with E-state index < -0.39 is 33.2 Å². The van der Waals surface area contributed by atoms with Crippen LogP contribution in [0.5, 0.6) is 5.75 Å². The van der Waals surface area contributed by atoms with Crippen LogP contribution in [0, 0.1) is 22.9 Å². The number of halogens is 3. The number of benzene rings is 2. The normalized spacial score (nSPS) is 17.3. The highest BCUT2D eigenvalue weighted by Gasteiger charge is 2.39. The summed E-state index contributed by atoms with van der Waals surface area (Å²) < 4.78 is 77.1. The van der Waals surface area contributed by atoms with Crippen LogP contribution in [0.15, 0.2) is 53.5 Å². The van der Waals surface area contributed by atoms with Crippen LogP contribution in [0.2, 0.25) is 0 Å². The summed E-state index contributed by atoms with van der Waals surface area (Å²) in [6, 6.07) is 8.25. The number of ether oxygens (including phenoxy) is 1. The molecule has 0 atom stereocenters. The molecule has 2 aliphatic rings. The molecule has 0 unspecified atom stereocenters. The average molecular weight is 564 g/mol. The Labute approximate surface area is 224 Å². The number of piperazine rings is 1. The standard InChI is InChI=1S/C26H28F3N5O4S/c1-26(6-7-26)17-38-24-23(16-30-34(25(24)35)22-13-20(28)12-21(29)14-22)32-8-10-33(11-9-32)39(36,37)31-15-18-2-4-19(27)5-3-18/h2-5,12-14,16,31H,6-11,15,17H2,1H3. The summed E-state index contributed by atoms with van der Waals surface area (Å²) in [6.07, 6.45) is 3.31. The van der Waals surface area contributed by atoms with E-state index >= 15 is 0 Å². The summed E-state index contributed by atoms with van der Waals surface area (Å²) in [5, 5.41) is 4.14. The fourth-order valence-corrected chi connectivity index (χ4v) is 5.45.